The zero-order chi connectivity index (χ0) is 15.1. The summed E-state index contributed by atoms with van der Waals surface area (Å²) < 4.78 is 5.39. The molecule has 0 spiro atoms. The van der Waals surface area contributed by atoms with Gasteiger partial charge >= 0.3 is 0 Å². The second-order valence-electron chi connectivity index (χ2n) is 4.71. The molecule has 108 valence electrons. The molecule has 4 nitrogen and oxygen atoms in total. The summed E-state index contributed by atoms with van der Waals surface area (Å²) in [5, 5.41) is 2.77. The molecular formula is C17H17NO3. The van der Waals surface area contributed by atoms with E-state index in [4.69, 9.17) is 4.74 Å². The summed E-state index contributed by atoms with van der Waals surface area (Å²) in [5.41, 5.74) is 2.44. The van der Waals surface area contributed by atoms with E-state index in [1.807, 2.05) is 43.3 Å². The molecule has 2 aromatic rings. The highest BCUT2D eigenvalue weighted by atomic mass is 16.5. The molecular weight excluding hydrogens is 266 g/mol. The van der Waals surface area contributed by atoms with Gasteiger partial charge in [-0.2, -0.15) is 0 Å². The molecule has 0 heterocycles. The van der Waals surface area contributed by atoms with Gasteiger partial charge < -0.3 is 10.1 Å². The van der Waals surface area contributed by atoms with Crippen molar-refractivity contribution in [1.29, 1.82) is 0 Å². The topological polar surface area (TPSA) is 55.4 Å². The van der Waals surface area contributed by atoms with Crippen LogP contribution in [0.5, 0.6) is 5.75 Å². The predicted octanol–water partition coefficient (Wildman–Crippen LogP) is 2.50. The lowest BCUT2D eigenvalue weighted by molar-refractivity contribution is -0.123. The van der Waals surface area contributed by atoms with Crippen molar-refractivity contribution in [2.45, 2.75) is 13.5 Å². The van der Waals surface area contributed by atoms with Crippen LogP contribution < -0.4 is 10.1 Å². The molecule has 0 fully saturated rings. The molecule has 2 aromatic carbocycles. The van der Waals surface area contributed by atoms with E-state index in [0.29, 0.717) is 17.9 Å². The SMILES string of the molecule is Cc1ccc(OCC(=O)NCc2ccccc2)c(C=O)c1. The summed E-state index contributed by atoms with van der Waals surface area (Å²) in [6, 6.07) is 14.9. The van der Waals surface area contributed by atoms with E-state index in [0.717, 1.165) is 17.4 Å². The molecule has 4 heteroatoms. The summed E-state index contributed by atoms with van der Waals surface area (Å²) in [7, 11) is 0. The number of benzene rings is 2. The predicted molar refractivity (Wildman–Crippen MR) is 80.4 cm³/mol. The minimum atomic E-state index is -0.226. The number of carbonyl (C=O) groups is 2. The Labute approximate surface area is 123 Å². The number of hydrogen-bond donors (Lipinski definition) is 1. The van der Waals surface area contributed by atoms with Gasteiger partial charge in [0.2, 0.25) is 0 Å². The molecule has 0 aliphatic carbocycles. The number of aryl methyl sites for hydroxylation is 1. The van der Waals surface area contributed by atoms with Crippen molar-refractivity contribution >= 4 is 12.2 Å². The number of hydrogen-bond acceptors (Lipinski definition) is 3. The maximum absolute atomic E-state index is 11.7. The van der Waals surface area contributed by atoms with Gasteiger partial charge in [0.05, 0.1) is 5.56 Å². The van der Waals surface area contributed by atoms with Gasteiger partial charge in [-0.1, -0.05) is 42.0 Å². The standard InChI is InChI=1S/C17H17NO3/c1-13-7-8-16(15(9-13)11-19)21-12-17(20)18-10-14-5-3-2-4-6-14/h2-9,11H,10,12H2,1H3,(H,18,20). The number of amides is 1. The first-order valence-corrected chi connectivity index (χ1v) is 6.68. The molecule has 21 heavy (non-hydrogen) atoms. The van der Waals surface area contributed by atoms with E-state index >= 15 is 0 Å². The Kier molecular flexibility index (Phi) is 5.10. The lowest BCUT2D eigenvalue weighted by Crippen LogP contribution is -2.28. The maximum Gasteiger partial charge on any atom is 0.258 e. The van der Waals surface area contributed by atoms with Gasteiger partial charge in [0.15, 0.2) is 12.9 Å². The summed E-state index contributed by atoms with van der Waals surface area (Å²) >= 11 is 0. The molecule has 0 aliphatic heterocycles. The van der Waals surface area contributed by atoms with Crippen LogP contribution in [-0.2, 0) is 11.3 Å². The fraction of sp³-hybridized carbons (Fsp3) is 0.176. The van der Waals surface area contributed by atoms with Crippen molar-refractivity contribution in [3.8, 4) is 5.75 Å². The van der Waals surface area contributed by atoms with Crippen molar-refractivity contribution < 1.29 is 14.3 Å². The Morgan fingerprint density at radius 2 is 1.95 bits per heavy atom. The van der Waals surface area contributed by atoms with E-state index in [1.165, 1.54) is 0 Å². The van der Waals surface area contributed by atoms with Crippen LogP contribution in [0.3, 0.4) is 0 Å². The number of ether oxygens (including phenoxy) is 1. The molecule has 0 saturated heterocycles. The Hall–Kier alpha value is -2.62. The highest BCUT2D eigenvalue weighted by Gasteiger charge is 2.06. The molecule has 0 radical (unpaired) electrons. The van der Waals surface area contributed by atoms with Crippen LogP contribution in [0.1, 0.15) is 21.5 Å². The van der Waals surface area contributed by atoms with Gasteiger partial charge in [-0.25, -0.2) is 0 Å². The minimum Gasteiger partial charge on any atom is -0.483 e. The van der Waals surface area contributed by atoms with Gasteiger partial charge in [0.1, 0.15) is 5.75 Å². The highest BCUT2D eigenvalue weighted by Crippen LogP contribution is 2.17. The third-order valence-electron chi connectivity index (χ3n) is 2.98. The fourth-order valence-corrected chi connectivity index (χ4v) is 1.88. The average Bonchev–Trinajstić information content (AvgIpc) is 2.52. The normalized spacial score (nSPS) is 9.95. The van der Waals surface area contributed by atoms with E-state index in [9.17, 15) is 9.59 Å². The summed E-state index contributed by atoms with van der Waals surface area (Å²) in [4.78, 5) is 22.7. The number of rotatable bonds is 6. The van der Waals surface area contributed by atoms with E-state index in [2.05, 4.69) is 5.32 Å². The summed E-state index contributed by atoms with van der Waals surface area (Å²) in [6.45, 7) is 2.23. The highest BCUT2D eigenvalue weighted by molar-refractivity contribution is 5.81. The second-order valence-corrected chi connectivity index (χ2v) is 4.71. The first kappa shape index (κ1) is 14.8. The van der Waals surface area contributed by atoms with Crippen molar-refractivity contribution in [1.82, 2.24) is 5.32 Å². The van der Waals surface area contributed by atoms with Crippen molar-refractivity contribution in [2.75, 3.05) is 6.61 Å². The number of aldehydes is 1. The third kappa shape index (κ3) is 4.45. The van der Waals surface area contributed by atoms with Gasteiger partial charge in [0.25, 0.3) is 5.91 Å². The van der Waals surface area contributed by atoms with E-state index in [-0.39, 0.29) is 12.5 Å². The largest absolute Gasteiger partial charge is 0.483 e. The van der Waals surface area contributed by atoms with Crippen LogP contribution in [0.25, 0.3) is 0 Å². The van der Waals surface area contributed by atoms with Crippen LogP contribution in [-0.4, -0.2) is 18.8 Å². The van der Waals surface area contributed by atoms with Crippen LogP contribution >= 0.6 is 0 Å². The Bertz CT molecular complexity index is 623. The average molecular weight is 283 g/mol. The zero-order valence-corrected chi connectivity index (χ0v) is 11.8. The molecule has 0 bridgehead atoms. The lowest BCUT2D eigenvalue weighted by atomic mass is 10.1. The van der Waals surface area contributed by atoms with Crippen molar-refractivity contribution in [2.24, 2.45) is 0 Å². The second kappa shape index (κ2) is 7.24. The van der Waals surface area contributed by atoms with Crippen LogP contribution in [0.2, 0.25) is 0 Å². The fourth-order valence-electron chi connectivity index (χ4n) is 1.88. The quantitative estimate of drug-likeness (QED) is 0.829. The first-order valence-electron chi connectivity index (χ1n) is 6.68. The molecule has 0 aliphatic rings. The van der Waals surface area contributed by atoms with Gasteiger partial charge in [-0.05, 0) is 24.6 Å². The van der Waals surface area contributed by atoms with Crippen LogP contribution in [0, 0.1) is 6.92 Å². The number of carbonyl (C=O) groups excluding carboxylic acids is 2. The Morgan fingerprint density at radius 1 is 1.19 bits per heavy atom. The molecule has 0 aromatic heterocycles. The molecule has 2 rings (SSSR count). The summed E-state index contributed by atoms with van der Waals surface area (Å²) in [6.07, 6.45) is 0.726. The maximum atomic E-state index is 11.7. The first-order chi connectivity index (χ1) is 10.2. The van der Waals surface area contributed by atoms with Crippen molar-refractivity contribution in [3.63, 3.8) is 0 Å². The van der Waals surface area contributed by atoms with Gasteiger partial charge in [-0.3, -0.25) is 9.59 Å². The smallest absolute Gasteiger partial charge is 0.258 e. The lowest BCUT2D eigenvalue weighted by Gasteiger charge is -2.09. The van der Waals surface area contributed by atoms with Gasteiger partial charge in [-0.15, -0.1) is 0 Å². The Morgan fingerprint density at radius 3 is 2.67 bits per heavy atom. The Balaban J connectivity index is 1.85. The third-order valence-corrected chi connectivity index (χ3v) is 2.98. The molecule has 1 N–H and O–H groups in total. The summed E-state index contributed by atoms with van der Waals surface area (Å²) in [5.74, 6) is 0.196. The molecule has 0 atom stereocenters. The zero-order valence-electron chi connectivity index (χ0n) is 11.8. The number of nitrogens with one attached hydrogen (secondary N) is 1. The van der Waals surface area contributed by atoms with Crippen LogP contribution in [0.4, 0.5) is 0 Å². The monoisotopic (exact) mass is 283 g/mol. The molecule has 0 saturated carbocycles. The van der Waals surface area contributed by atoms with E-state index in [1.54, 1.807) is 12.1 Å². The van der Waals surface area contributed by atoms with E-state index < -0.39 is 0 Å². The van der Waals surface area contributed by atoms with Gasteiger partial charge in [0, 0.05) is 6.54 Å². The molecule has 1 amide bonds. The van der Waals surface area contributed by atoms with Crippen molar-refractivity contribution in [3.05, 3.63) is 65.2 Å². The minimum absolute atomic E-state index is 0.114. The molecule has 0 unspecified atom stereocenters. The van der Waals surface area contributed by atoms with Crippen LogP contribution in [0.15, 0.2) is 48.5 Å².